The van der Waals surface area contributed by atoms with Crippen molar-refractivity contribution in [2.75, 3.05) is 13.2 Å². The molecule has 1 rings (SSSR count). The van der Waals surface area contributed by atoms with Crippen LogP contribution in [-0.4, -0.2) is 58.5 Å². The molecule has 0 aromatic rings. The van der Waals surface area contributed by atoms with E-state index in [1.54, 1.807) is 0 Å². The van der Waals surface area contributed by atoms with E-state index >= 15 is 0 Å². The molecule has 0 spiro atoms. The number of rotatable bonds is 3. The molecule has 5 N–H and O–H groups in total. The Morgan fingerprint density at radius 1 is 1.44 bits per heavy atom. The molecular weight excluding hydrogens is 216 g/mol. The van der Waals surface area contributed by atoms with E-state index in [9.17, 15) is 19.8 Å². The summed E-state index contributed by atoms with van der Waals surface area (Å²) >= 11 is 0. The van der Waals surface area contributed by atoms with Crippen molar-refractivity contribution in [2.45, 2.75) is 25.2 Å². The maximum Gasteiger partial charge on any atom is 0.228 e. The Labute approximate surface area is 92.5 Å². The smallest absolute Gasteiger partial charge is 0.228 e. The Hall–Kier alpha value is -1.18. The molecule has 92 valence electrons. The summed E-state index contributed by atoms with van der Waals surface area (Å²) in [5.41, 5.74) is 0. The molecule has 1 heterocycles. The van der Waals surface area contributed by atoms with Gasteiger partial charge in [-0.1, -0.05) is 0 Å². The SMILES string of the molecule is CC(=O)NC[C@H]1C(=O)N[C@H](CO)[C@@H](O)[C@@H]1O. The van der Waals surface area contributed by atoms with Crippen LogP contribution in [-0.2, 0) is 9.59 Å². The van der Waals surface area contributed by atoms with Crippen LogP contribution in [0.4, 0.5) is 0 Å². The Kier molecular flexibility index (Phi) is 4.22. The average Bonchev–Trinajstić information content (AvgIpc) is 2.22. The quantitative estimate of drug-likeness (QED) is 0.354. The third kappa shape index (κ3) is 2.69. The largest absolute Gasteiger partial charge is 0.394 e. The molecule has 0 aromatic carbocycles. The van der Waals surface area contributed by atoms with Crippen LogP contribution in [0.5, 0.6) is 0 Å². The lowest BCUT2D eigenvalue weighted by atomic mass is 9.88. The van der Waals surface area contributed by atoms with Crippen LogP contribution in [0.15, 0.2) is 0 Å². The Morgan fingerprint density at radius 3 is 2.56 bits per heavy atom. The highest BCUT2D eigenvalue weighted by atomic mass is 16.3. The van der Waals surface area contributed by atoms with Crippen LogP contribution in [0.25, 0.3) is 0 Å². The summed E-state index contributed by atoms with van der Waals surface area (Å²) in [6.07, 6.45) is -2.53. The summed E-state index contributed by atoms with van der Waals surface area (Å²) in [6.45, 7) is 0.800. The zero-order valence-corrected chi connectivity index (χ0v) is 8.88. The number of amides is 2. The van der Waals surface area contributed by atoms with Crippen molar-refractivity contribution >= 4 is 11.8 Å². The molecule has 0 unspecified atom stereocenters. The first kappa shape index (κ1) is 12.9. The molecule has 7 heteroatoms. The monoisotopic (exact) mass is 232 g/mol. The Bertz CT molecular complexity index is 283. The summed E-state index contributed by atoms with van der Waals surface area (Å²) in [7, 11) is 0. The van der Waals surface area contributed by atoms with Gasteiger partial charge in [-0.2, -0.15) is 0 Å². The highest BCUT2D eigenvalue weighted by molar-refractivity contribution is 5.82. The maximum atomic E-state index is 11.5. The number of nitrogens with one attached hydrogen (secondary N) is 2. The zero-order chi connectivity index (χ0) is 12.3. The second kappa shape index (κ2) is 5.24. The molecular formula is C9H16N2O5. The first-order chi connectivity index (χ1) is 7.47. The van der Waals surface area contributed by atoms with Crippen molar-refractivity contribution in [3.05, 3.63) is 0 Å². The number of aliphatic hydroxyl groups is 3. The van der Waals surface area contributed by atoms with Crippen molar-refractivity contribution in [2.24, 2.45) is 5.92 Å². The third-order valence-electron chi connectivity index (χ3n) is 2.61. The molecule has 1 fully saturated rings. The second-order valence-corrected chi connectivity index (χ2v) is 3.82. The van der Waals surface area contributed by atoms with Gasteiger partial charge in [-0.05, 0) is 0 Å². The maximum absolute atomic E-state index is 11.5. The predicted octanol–water partition coefficient (Wildman–Crippen LogP) is -3.05. The molecule has 0 bridgehead atoms. The van der Waals surface area contributed by atoms with Crippen LogP contribution < -0.4 is 10.6 Å². The molecule has 16 heavy (non-hydrogen) atoms. The lowest BCUT2D eigenvalue weighted by Crippen LogP contribution is -2.63. The van der Waals surface area contributed by atoms with E-state index in [1.165, 1.54) is 6.92 Å². The fourth-order valence-corrected chi connectivity index (χ4v) is 1.63. The van der Waals surface area contributed by atoms with Crippen molar-refractivity contribution in [1.29, 1.82) is 0 Å². The van der Waals surface area contributed by atoms with Gasteiger partial charge in [0.05, 0.1) is 24.7 Å². The molecule has 1 aliphatic rings. The van der Waals surface area contributed by atoms with Gasteiger partial charge in [0.15, 0.2) is 0 Å². The third-order valence-corrected chi connectivity index (χ3v) is 2.61. The molecule has 4 atom stereocenters. The van der Waals surface area contributed by atoms with Gasteiger partial charge in [0.1, 0.15) is 6.10 Å². The highest BCUT2D eigenvalue weighted by Gasteiger charge is 2.41. The van der Waals surface area contributed by atoms with Crippen LogP contribution in [0.1, 0.15) is 6.92 Å². The van der Waals surface area contributed by atoms with E-state index in [2.05, 4.69) is 10.6 Å². The summed E-state index contributed by atoms with van der Waals surface area (Å²) in [6, 6.07) is -0.865. The van der Waals surface area contributed by atoms with Gasteiger partial charge >= 0.3 is 0 Å². The number of aliphatic hydroxyl groups excluding tert-OH is 3. The van der Waals surface area contributed by atoms with E-state index in [1.807, 2.05) is 0 Å². The molecule has 1 saturated heterocycles. The van der Waals surface area contributed by atoms with Crippen LogP contribution >= 0.6 is 0 Å². The summed E-state index contributed by atoms with van der Waals surface area (Å²) in [5.74, 6) is -1.72. The van der Waals surface area contributed by atoms with Crippen molar-refractivity contribution in [1.82, 2.24) is 10.6 Å². The molecule has 0 radical (unpaired) electrons. The summed E-state index contributed by atoms with van der Waals surface area (Å²) < 4.78 is 0. The van der Waals surface area contributed by atoms with Crippen LogP contribution in [0, 0.1) is 5.92 Å². The number of carbonyl (C=O) groups excluding carboxylic acids is 2. The minimum absolute atomic E-state index is 0.0441. The van der Waals surface area contributed by atoms with E-state index < -0.39 is 36.7 Å². The number of hydrogen-bond donors (Lipinski definition) is 5. The summed E-state index contributed by atoms with van der Waals surface area (Å²) in [5, 5.41) is 32.8. The van der Waals surface area contributed by atoms with E-state index in [0.29, 0.717) is 0 Å². The lowest BCUT2D eigenvalue weighted by molar-refractivity contribution is -0.144. The van der Waals surface area contributed by atoms with Gasteiger partial charge < -0.3 is 26.0 Å². The first-order valence-corrected chi connectivity index (χ1v) is 4.99. The Balaban J connectivity index is 2.64. The molecule has 0 aromatic heterocycles. The van der Waals surface area contributed by atoms with E-state index in [4.69, 9.17) is 5.11 Å². The van der Waals surface area contributed by atoms with Crippen LogP contribution in [0.2, 0.25) is 0 Å². The normalized spacial score (nSPS) is 34.4. The molecule has 2 amide bonds. The molecule has 7 nitrogen and oxygen atoms in total. The topological polar surface area (TPSA) is 119 Å². The lowest BCUT2D eigenvalue weighted by Gasteiger charge is -2.36. The number of piperidine rings is 1. The fraction of sp³-hybridized carbons (Fsp3) is 0.778. The van der Waals surface area contributed by atoms with Gasteiger partial charge in [0.25, 0.3) is 0 Å². The molecule has 1 aliphatic heterocycles. The minimum Gasteiger partial charge on any atom is -0.394 e. The van der Waals surface area contributed by atoms with Crippen molar-refractivity contribution in [3.8, 4) is 0 Å². The Morgan fingerprint density at radius 2 is 2.06 bits per heavy atom. The summed E-state index contributed by atoms with van der Waals surface area (Å²) in [4.78, 5) is 22.2. The fourth-order valence-electron chi connectivity index (χ4n) is 1.63. The molecule has 0 aliphatic carbocycles. The first-order valence-electron chi connectivity index (χ1n) is 4.99. The minimum atomic E-state index is -1.29. The second-order valence-electron chi connectivity index (χ2n) is 3.82. The van der Waals surface area contributed by atoms with Gasteiger partial charge in [-0.25, -0.2) is 0 Å². The van der Waals surface area contributed by atoms with Gasteiger partial charge in [0, 0.05) is 13.5 Å². The predicted molar refractivity (Wildman–Crippen MR) is 53.2 cm³/mol. The van der Waals surface area contributed by atoms with E-state index in [-0.39, 0.29) is 12.5 Å². The standard InChI is InChI=1S/C9H16N2O5/c1-4(13)10-2-5-7(14)8(15)6(3-12)11-9(5)16/h5-8,12,14-15H,2-3H2,1H3,(H,10,13)(H,11,16)/t5-,6-,7-,8-/m1/s1. The number of carbonyl (C=O) groups is 2. The van der Waals surface area contributed by atoms with Gasteiger partial charge in [-0.15, -0.1) is 0 Å². The van der Waals surface area contributed by atoms with Crippen molar-refractivity contribution < 1.29 is 24.9 Å². The average molecular weight is 232 g/mol. The van der Waals surface area contributed by atoms with Gasteiger partial charge in [-0.3, -0.25) is 9.59 Å². The molecule has 0 saturated carbocycles. The number of hydrogen-bond acceptors (Lipinski definition) is 5. The van der Waals surface area contributed by atoms with Crippen LogP contribution in [0.3, 0.4) is 0 Å². The highest BCUT2D eigenvalue weighted by Crippen LogP contribution is 2.16. The zero-order valence-electron chi connectivity index (χ0n) is 8.88. The van der Waals surface area contributed by atoms with E-state index in [0.717, 1.165) is 0 Å². The van der Waals surface area contributed by atoms with Crippen molar-refractivity contribution in [3.63, 3.8) is 0 Å². The van der Waals surface area contributed by atoms with Gasteiger partial charge in [0.2, 0.25) is 11.8 Å².